The first kappa shape index (κ1) is 27.7. The van der Waals surface area contributed by atoms with Crippen molar-refractivity contribution in [1.29, 1.82) is 0 Å². The summed E-state index contributed by atoms with van der Waals surface area (Å²) in [6.45, 7) is 1.70. The minimum atomic E-state index is -3.73. The van der Waals surface area contributed by atoms with E-state index in [0.717, 1.165) is 39.0 Å². The Morgan fingerprint density at radius 3 is 2.78 bits per heavy atom. The molecule has 0 radical (unpaired) electrons. The first-order valence-corrected chi connectivity index (χ1v) is 16.0. The Morgan fingerprint density at radius 2 is 1.98 bits per heavy atom. The van der Waals surface area contributed by atoms with Crippen LogP contribution in [-0.4, -0.2) is 62.7 Å². The second-order valence-corrected chi connectivity index (χ2v) is 13.7. The fourth-order valence-corrected chi connectivity index (χ4v) is 8.80. The third-order valence-corrected chi connectivity index (χ3v) is 11.3. The molecule has 41 heavy (non-hydrogen) atoms. The maximum Gasteiger partial charge on any atom is 0.258 e. The molecule has 1 atom stereocenters. The van der Waals surface area contributed by atoms with Gasteiger partial charge in [-0.05, 0) is 66.6 Å². The Balaban J connectivity index is 1.20. The zero-order chi connectivity index (χ0) is 28.6. The summed E-state index contributed by atoms with van der Waals surface area (Å²) in [7, 11) is -2.08. The Hall–Kier alpha value is -3.44. The van der Waals surface area contributed by atoms with E-state index in [0.29, 0.717) is 38.1 Å². The van der Waals surface area contributed by atoms with Crippen LogP contribution in [-0.2, 0) is 26.0 Å². The molecule has 0 bridgehead atoms. The van der Waals surface area contributed by atoms with Crippen molar-refractivity contribution in [1.82, 2.24) is 9.29 Å². The number of piperidine rings is 1. The number of sulfonamides is 1. The smallest absolute Gasteiger partial charge is 0.258 e. The average Bonchev–Trinajstić information content (AvgIpc) is 3.61. The van der Waals surface area contributed by atoms with E-state index in [1.54, 1.807) is 30.3 Å². The van der Waals surface area contributed by atoms with Gasteiger partial charge in [-0.1, -0.05) is 24.3 Å². The molecule has 2 aromatic carbocycles. The Kier molecular flexibility index (Phi) is 7.74. The topological polar surface area (TPSA) is 96.9 Å². The van der Waals surface area contributed by atoms with Crippen LogP contribution in [0.2, 0.25) is 0 Å². The minimum absolute atomic E-state index is 0.0206. The predicted octanol–water partition coefficient (Wildman–Crippen LogP) is 5.17. The third kappa shape index (κ3) is 5.21. The number of thiophene rings is 1. The molecule has 1 fully saturated rings. The van der Waals surface area contributed by atoms with Crippen LogP contribution in [0.25, 0.3) is 21.3 Å². The molecule has 4 heterocycles. The Morgan fingerprint density at radius 1 is 1.10 bits per heavy atom. The van der Waals surface area contributed by atoms with Gasteiger partial charge in [0.25, 0.3) is 15.9 Å². The molecule has 2 aliphatic heterocycles. The molecule has 0 N–H and O–H groups in total. The number of aromatic nitrogens is 1. The van der Waals surface area contributed by atoms with Crippen LogP contribution in [0.1, 0.15) is 35.2 Å². The van der Waals surface area contributed by atoms with Crippen molar-refractivity contribution in [2.24, 2.45) is 5.92 Å². The van der Waals surface area contributed by atoms with Gasteiger partial charge < -0.3 is 9.64 Å². The number of ether oxygens (including phenoxy) is 1. The van der Waals surface area contributed by atoms with Crippen LogP contribution < -0.4 is 4.90 Å². The van der Waals surface area contributed by atoms with E-state index in [9.17, 15) is 18.0 Å². The zero-order valence-electron chi connectivity index (χ0n) is 22.8. The van der Waals surface area contributed by atoms with E-state index in [-0.39, 0.29) is 34.8 Å². The largest absolute Gasteiger partial charge is 0.385 e. The summed E-state index contributed by atoms with van der Waals surface area (Å²) in [5.74, 6) is -0.394. The number of methoxy groups -OCH3 is 1. The van der Waals surface area contributed by atoms with Crippen molar-refractivity contribution in [3.8, 4) is 10.6 Å². The first-order valence-electron chi connectivity index (χ1n) is 13.8. The second kappa shape index (κ2) is 11.4. The zero-order valence-corrected chi connectivity index (χ0v) is 24.4. The number of amides is 1. The molecule has 0 saturated carbocycles. The number of carbonyl (C=O) groups is 2. The number of hydrogen-bond acceptors (Lipinski definition) is 7. The van der Waals surface area contributed by atoms with Gasteiger partial charge in [0.2, 0.25) is 0 Å². The lowest BCUT2D eigenvalue weighted by atomic mass is 9.89. The van der Waals surface area contributed by atoms with Crippen LogP contribution in [0, 0.1) is 5.92 Å². The maximum atomic E-state index is 13.6. The third-order valence-electron chi connectivity index (χ3n) is 7.90. The van der Waals surface area contributed by atoms with Crippen molar-refractivity contribution >= 4 is 49.5 Å². The molecule has 1 unspecified atom stereocenters. The van der Waals surface area contributed by atoms with Crippen molar-refractivity contribution in [3.05, 3.63) is 78.0 Å². The number of hydrogen-bond donors (Lipinski definition) is 0. The molecule has 0 spiro atoms. The minimum Gasteiger partial charge on any atom is -0.385 e. The lowest BCUT2D eigenvalue weighted by molar-refractivity contribution is -0.123. The van der Waals surface area contributed by atoms with Gasteiger partial charge in [-0.15, -0.1) is 11.3 Å². The highest BCUT2D eigenvalue weighted by molar-refractivity contribution is 7.91. The predicted molar refractivity (Wildman–Crippen MR) is 160 cm³/mol. The van der Waals surface area contributed by atoms with E-state index >= 15 is 0 Å². The summed E-state index contributed by atoms with van der Waals surface area (Å²) >= 11 is 1.20. The number of benzene rings is 2. The van der Waals surface area contributed by atoms with Gasteiger partial charge >= 0.3 is 0 Å². The van der Waals surface area contributed by atoms with E-state index in [1.165, 1.54) is 15.6 Å². The maximum absolute atomic E-state index is 13.6. The fourth-order valence-electron chi connectivity index (χ4n) is 5.84. The summed E-state index contributed by atoms with van der Waals surface area (Å²) in [6.07, 6.45) is 3.89. The van der Waals surface area contributed by atoms with E-state index in [1.807, 2.05) is 48.5 Å². The van der Waals surface area contributed by atoms with Crippen molar-refractivity contribution < 1.29 is 22.7 Å². The van der Waals surface area contributed by atoms with Crippen molar-refractivity contribution in [3.63, 3.8) is 0 Å². The van der Waals surface area contributed by atoms with Crippen LogP contribution >= 0.6 is 11.3 Å². The lowest BCUT2D eigenvalue weighted by Crippen LogP contribution is -2.42. The molecule has 8 nitrogen and oxygen atoms in total. The Bertz CT molecular complexity index is 1720. The van der Waals surface area contributed by atoms with E-state index in [2.05, 4.69) is 4.98 Å². The van der Waals surface area contributed by atoms with Crippen LogP contribution in [0.4, 0.5) is 5.69 Å². The number of carbonyl (C=O) groups excluding carboxylic acids is 2. The highest BCUT2D eigenvalue weighted by Gasteiger charge is 2.35. The number of Topliss-reactive ketones (excluding diaryl/α,β-unsaturated/α-hetero) is 1. The molecule has 4 aromatic rings. The molecular weight excluding hydrogens is 558 g/mol. The number of nitrogens with zero attached hydrogens (tertiary/aromatic N) is 3. The molecule has 10 heteroatoms. The first-order chi connectivity index (χ1) is 19.9. The lowest BCUT2D eigenvalue weighted by Gasteiger charge is -2.31. The van der Waals surface area contributed by atoms with Crippen molar-refractivity contribution in [2.75, 3.05) is 38.3 Å². The highest BCUT2D eigenvalue weighted by atomic mass is 32.2. The molecule has 1 amide bonds. The number of pyridine rings is 1. The van der Waals surface area contributed by atoms with E-state index in [4.69, 9.17) is 4.74 Å². The fraction of sp³-hybridized carbons (Fsp3) is 0.323. The molecule has 2 aromatic heterocycles. The summed E-state index contributed by atoms with van der Waals surface area (Å²) in [5, 5.41) is 1.78. The summed E-state index contributed by atoms with van der Waals surface area (Å²) in [4.78, 5) is 33.6. The van der Waals surface area contributed by atoms with Gasteiger partial charge in [0.15, 0.2) is 0 Å². The number of rotatable bonds is 10. The van der Waals surface area contributed by atoms with Crippen LogP contribution in [0.3, 0.4) is 0 Å². The molecule has 6 rings (SSSR count). The quantitative estimate of drug-likeness (QED) is 0.237. The van der Waals surface area contributed by atoms with Gasteiger partial charge in [0, 0.05) is 62.8 Å². The van der Waals surface area contributed by atoms with Gasteiger partial charge in [-0.3, -0.25) is 14.6 Å². The summed E-state index contributed by atoms with van der Waals surface area (Å²) in [6, 6.07) is 18.5. The normalized spacial score (nSPS) is 17.4. The Labute approximate surface area is 243 Å². The average molecular weight is 590 g/mol. The number of anilines is 1. The van der Waals surface area contributed by atoms with Gasteiger partial charge in [-0.25, -0.2) is 8.42 Å². The molecule has 0 aliphatic carbocycles. The monoisotopic (exact) mass is 589 g/mol. The van der Waals surface area contributed by atoms with Gasteiger partial charge in [-0.2, -0.15) is 4.31 Å². The second-order valence-electron chi connectivity index (χ2n) is 10.5. The van der Waals surface area contributed by atoms with Crippen LogP contribution in [0.15, 0.2) is 71.1 Å². The number of ketones is 1. The summed E-state index contributed by atoms with van der Waals surface area (Å²) < 4.78 is 33.9. The molecule has 1 saturated heterocycles. The van der Waals surface area contributed by atoms with Crippen molar-refractivity contribution in [2.45, 2.75) is 29.9 Å². The highest BCUT2D eigenvalue weighted by Crippen LogP contribution is 2.40. The SMILES string of the molecule is COCCCN1C(=O)c2cccc3c(CC(=O)C4CCCN(S(=O)(=O)c5ccc(-c6ccccn6)s5)C4)ccc1c23. The molecule has 212 valence electrons. The standard InChI is InChI=1S/C31H31N3O5S2/c1-39-18-6-17-34-26-12-11-21(23-8-4-9-24(30(23)26)31(34)36)19-27(35)22-7-5-16-33(20-22)41(37,38)29-14-13-28(40-29)25-10-2-3-15-32-25/h2-4,8-15,22H,5-7,16-20H2,1H3. The van der Waals surface area contributed by atoms with Gasteiger partial charge in [0.1, 0.15) is 9.99 Å². The summed E-state index contributed by atoms with van der Waals surface area (Å²) in [5.41, 5.74) is 3.11. The molecular formula is C31H31N3O5S2. The molecule has 2 aliphatic rings. The van der Waals surface area contributed by atoms with Crippen LogP contribution in [0.5, 0.6) is 0 Å². The van der Waals surface area contributed by atoms with E-state index < -0.39 is 10.0 Å². The van der Waals surface area contributed by atoms with Gasteiger partial charge in [0.05, 0.1) is 16.3 Å².